The fourth-order valence-corrected chi connectivity index (χ4v) is 6.36. The van der Waals surface area contributed by atoms with Gasteiger partial charge in [-0.15, -0.1) is 0 Å². The van der Waals surface area contributed by atoms with Gasteiger partial charge in [0.2, 0.25) is 0 Å². The van der Waals surface area contributed by atoms with Crippen LogP contribution in [0.1, 0.15) is 43.7 Å². The number of benzene rings is 2. The highest BCUT2D eigenvalue weighted by Gasteiger charge is 2.48. The second-order valence-corrected chi connectivity index (χ2v) is 8.92. The molecule has 2 aromatic carbocycles. The van der Waals surface area contributed by atoms with Crippen molar-refractivity contribution in [3.8, 4) is 0 Å². The third-order valence-corrected chi connectivity index (χ3v) is 7.69. The molecule has 0 saturated carbocycles. The molecule has 2 aromatic rings. The summed E-state index contributed by atoms with van der Waals surface area (Å²) in [6.45, 7) is 3.91. The summed E-state index contributed by atoms with van der Waals surface area (Å²) in [6, 6.07) is 14.5. The molecule has 2 atom stereocenters. The molecule has 0 aliphatic carbocycles. The van der Waals surface area contributed by atoms with Gasteiger partial charge in [-0.2, -0.15) is 0 Å². The maximum absolute atomic E-state index is 13.1. The van der Waals surface area contributed by atoms with Gasteiger partial charge in [0.15, 0.2) is 9.84 Å². The Morgan fingerprint density at radius 1 is 1.12 bits per heavy atom. The van der Waals surface area contributed by atoms with Crippen LogP contribution in [0.15, 0.2) is 53.4 Å². The molecule has 0 amide bonds. The van der Waals surface area contributed by atoms with Crippen molar-refractivity contribution in [1.82, 2.24) is 0 Å². The summed E-state index contributed by atoms with van der Waals surface area (Å²) >= 11 is 0. The quantitative estimate of drug-likeness (QED) is 0.824. The summed E-state index contributed by atoms with van der Waals surface area (Å²) < 4.78 is 26.2. The van der Waals surface area contributed by atoms with Gasteiger partial charge < -0.3 is 10.8 Å². The number of sulfone groups is 1. The molecule has 0 unspecified atom stereocenters. The van der Waals surface area contributed by atoms with Gasteiger partial charge in [0.1, 0.15) is 0 Å². The minimum Gasteiger partial charge on any atom is -0.399 e. The molecule has 0 spiro atoms. The normalized spacial score (nSPS) is 24.3. The largest absolute Gasteiger partial charge is 0.399 e. The monoisotopic (exact) mass is 359 g/mol. The maximum atomic E-state index is 13.1. The Kier molecular flexibility index (Phi) is 4.64. The van der Waals surface area contributed by atoms with Crippen LogP contribution < -0.4 is 5.73 Å². The van der Waals surface area contributed by atoms with Crippen LogP contribution >= 0.6 is 0 Å². The van der Waals surface area contributed by atoms with E-state index in [1.807, 2.05) is 44.2 Å². The zero-order valence-corrected chi connectivity index (χ0v) is 15.5. The lowest BCUT2D eigenvalue weighted by Gasteiger charge is -2.38. The number of aliphatic hydroxyl groups is 1. The third-order valence-electron chi connectivity index (χ3n) is 5.69. The minimum atomic E-state index is -3.52. The predicted molar refractivity (Wildman–Crippen MR) is 100 cm³/mol. The van der Waals surface area contributed by atoms with Crippen LogP contribution in [0, 0.1) is 5.41 Å². The van der Waals surface area contributed by atoms with Gasteiger partial charge in [-0.3, -0.25) is 0 Å². The fourth-order valence-electron chi connectivity index (χ4n) is 4.05. The first kappa shape index (κ1) is 18.0. The molecule has 3 rings (SSSR count). The number of nitrogens with two attached hydrogens (primary N) is 1. The van der Waals surface area contributed by atoms with E-state index in [9.17, 15) is 13.5 Å². The van der Waals surface area contributed by atoms with Gasteiger partial charge in [0.05, 0.1) is 16.8 Å². The van der Waals surface area contributed by atoms with Crippen LogP contribution in [0.5, 0.6) is 0 Å². The maximum Gasteiger partial charge on any atom is 0.179 e. The first-order valence-corrected chi connectivity index (χ1v) is 10.3. The zero-order chi connectivity index (χ0) is 18.2. The molecule has 4 nitrogen and oxygen atoms in total. The summed E-state index contributed by atoms with van der Waals surface area (Å²) in [4.78, 5) is 0.290. The average Bonchev–Trinajstić information content (AvgIpc) is 2.67. The Morgan fingerprint density at radius 3 is 2.36 bits per heavy atom. The van der Waals surface area contributed by atoms with E-state index >= 15 is 0 Å². The molecule has 0 aromatic heterocycles. The van der Waals surface area contributed by atoms with Crippen LogP contribution in [-0.4, -0.2) is 25.4 Å². The molecule has 5 heteroatoms. The van der Waals surface area contributed by atoms with Crippen molar-refractivity contribution in [2.45, 2.75) is 43.6 Å². The fraction of sp³-hybridized carbons (Fsp3) is 0.400. The summed E-state index contributed by atoms with van der Waals surface area (Å²) in [6.07, 6.45) is 0.385. The van der Waals surface area contributed by atoms with Crippen LogP contribution in [0.3, 0.4) is 0 Å². The van der Waals surface area contributed by atoms with Gasteiger partial charge in [-0.25, -0.2) is 8.42 Å². The molecular formula is C20H25NO3S. The molecule has 1 aliphatic heterocycles. The highest BCUT2D eigenvalue weighted by atomic mass is 32.2. The third kappa shape index (κ3) is 2.96. The van der Waals surface area contributed by atoms with Gasteiger partial charge in [-0.1, -0.05) is 44.2 Å². The highest BCUT2D eigenvalue weighted by molar-refractivity contribution is 7.91. The van der Waals surface area contributed by atoms with Crippen LogP contribution in [0.4, 0.5) is 5.69 Å². The number of aliphatic hydroxyl groups excluding tert-OH is 1. The number of anilines is 1. The van der Waals surface area contributed by atoms with E-state index in [-0.39, 0.29) is 5.75 Å². The smallest absolute Gasteiger partial charge is 0.179 e. The zero-order valence-electron chi connectivity index (χ0n) is 14.6. The molecule has 1 aliphatic rings. The number of fused-ring (bicyclic) bond motifs is 1. The van der Waals surface area contributed by atoms with Gasteiger partial charge in [-0.05, 0) is 42.2 Å². The van der Waals surface area contributed by atoms with E-state index in [2.05, 4.69) is 0 Å². The highest BCUT2D eigenvalue weighted by Crippen LogP contribution is 2.48. The first-order valence-electron chi connectivity index (χ1n) is 8.70. The van der Waals surface area contributed by atoms with Crippen LogP contribution in [0.25, 0.3) is 0 Å². The lowest BCUT2D eigenvalue weighted by atomic mass is 9.70. The lowest BCUT2D eigenvalue weighted by Crippen LogP contribution is -2.42. The number of nitrogen functional groups attached to an aromatic ring is 1. The molecule has 0 fully saturated rings. The van der Waals surface area contributed by atoms with Crippen molar-refractivity contribution >= 4 is 15.5 Å². The molecule has 0 saturated heterocycles. The van der Waals surface area contributed by atoms with Crippen molar-refractivity contribution in [3.05, 3.63) is 59.7 Å². The minimum absolute atomic E-state index is 0.0472. The van der Waals surface area contributed by atoms with Crippen molar-refractivity contribution in [3.63, 3.8) is 0 Å². The Bertz CT molecular complexity index is 858. The van der Waals surface area contributed by atoms with E-state index in [0.717, 1.165) is 5.56 Å². The number of hydrogen-bond acceptors (Lipinski definition) is 4. The van der Waals surface area contributed by atoms with E-state index in [1.54, 1.807) is 18.2 Å². The molecule has 1 heterocycles. The van der Waals surface area contributed by atoms with Gasteiger partial charge in [0.25, 0.3) is 0 Å². The Labute approximate surface area is 149 Å². The van der Waals surface area contributed by atoms with Gasteiger partial charge >= 0.3 is 0 Å². The van der Waals surface area contributed by atoms with Crippen LogP contribution in [-0.2, 0) is 9.84 Å². The molecular weight excluding hydrogens is 334 g/mol. The van der Waals surface area contributed by atoms with Crippen molar-refractivity contribution < 1.29 is 13.5 Å². The van der Waals surface area contributed by atoms with E-state index in [4.69, 9.17) is 5.73 Å². The molecule has 3 N–H and O–H groups in total. The van der Waals surface area contributed by atoms with E-state index in [1.165, 1.54) is 0 Å². The summed E-state index contributed by atoms with van der Waals surface area (Å²) in [5, 5.41) is 11.4. The second kappa shape index (κ2) is 6.46. The van der Waals surface area contributed by atoms with E-state index < -0.39 is 27.3 Å². The molecule has 134 valence electrons. The Morgan fingerprint density at radius 2 is 1.76 bits per heavy atom. The standard InChI is InChI=1S/C20H25NO3S/c1-3-20(4-2)13-25(23,24)17-11-10-15(21)12-16(17)18(19(20)22)14-8-6-5-7-9-14/h5-12,18-19,22H,3-4,13,21H2,1-2H3/t18-,19-/m1/s1. The van der Waals surface area contributed by atoms with Crippen LogP contribution in [0.2, 0.25) is 0 Å². The van der Waals surface area contributed by atoms with Crippen molar-refractivity contribution in [2.75, 3.05) is 11.5 Å². The number of rotatable bonds is 3. The average molecular weight is 359 g/mol. The van der Waals surface area contributed by atoms with Crippen molar-refractivity contribution in [1.29, 1.82) is 0 Å². The Hall–Kier alpha value is -1.85. The summed E-state index contributed by atoms with van der Waals surface area (Å²) in [7, 11) is -3.52. The SMILES string of the molecule is CCC1(CC)CS(=O)(=O)c2ccc(N)cc2[C@@H](c2ccccc2)[C@H]1O. The Balaban J connectivity index is 2.34. The van der Waals surface area contributed by atoms with Crippen molar-refractivity contribution in [2.24, 2.45) is 5.41 Å². The van der Waals surface area contributed by atoms with E-state index in [0.29, 0.717) is 29.0 Å². The lowest BCUT2D eigenvalue weighted by molar-refractivity contribution is 0.0221. The molecule has 0 radical (unpaired) electrons. The topological polar surface area (TPSA) is 80.4 Å². The second-order valence-electron chi connectivity index (χ2n) is 6.96. The molecule has 0 bridgehead atoms. The summed E-state index contributed by atoms with van der Waals surface area (Å²) in [5.41, 5.74) is 7.29. The van der Waals surface area contributed by atoms with Gasteiger partial charge in [0, 0.05) is 17.0 Å². The molecule has 25 heavy (non-hydrogen) atoms. The predicted octanol–water partition coefficient (Wildman–Crippen LogP) is 3.36. The first-order chi connectivity index (χ1) is 11.8. The number of hydrogen-bond donors (Lipinski definition) is 2. The summed E-state index contributed by atoms with van der Waals surface area (Å²) in [5.74, 6) is -0.467.